The van der Waals surface area contributed by atoms with Gasteiger partial charge in [-0.3, -0.25) is 0 Å². The van der Waals surface area contributed by atoms with Crippen molar-refractivity contribution in [2.45, 2.75) is 12.5 Å². The van der Waals surface area contributed by atoms with Crippen molar-refractivity contribution in [2.75, 3.05) is 6.54 Å². The molecule has 1 aromatic heterocycles. The molecule has 1 unspecified atom stereocenters. The molecule has 0 bridgehead atoms. The maximum atomic E-state index is 6.13. The number of thiophene rings is 1. The highest BCUT2D eigenvalue weighted by Crippen LogP contribution is 2.31. The SMILES string of the molecule is CC(N)(CN)c1csc2ccccc12. The predicted molar refractivity (Wildman–Crippen MR) is 62.4 cm³/mol. The molecule has 0 saturated heterocycles. The fraction of sp³-hybridized carbons (Fsp3) is 0.273. The summed E-state index contributed by atoms with van der Waals surface area (Å²) in [4.78, 5) is 0. The molecule has 3 heteroatoms. The number of benzene rings is 1. The van der Waals surface area contributed by atoms with Crippen molar-refractivity contribution < 1.29 is 0 Å². The molecule has 1 heterocycles. The summed E-state index contributed by atoms with van der Waals surface area (Å²) in [5.74, 6) is 0. The minimum Gasteiger partial charge on any atom is -0.328 e. The van der Waals surface area contributed by atoms with Crippen LogP contribution in [0.25, 0.3) is 10.1 Å². The van der Waals surface area contributed by atoms with Crippen LogP contribution in [0.1, 0.15) is 12.5 Å². The van der Waals surface area contributed by atoms with E-state index in [0.717, 1.165) is 5.56 Å². The monoisotopic (exact) mass is 206 g/mol. The Morgan fingerprint density at radius 1 is 1.36 bits per heavy atom. The second-order valence-corrected chi connectivity index (χ2v) is 4.68. The van der Waals surface area contributed by atoms with Gasteiger partial charge >= 0.3 is 0 Å². The van der Waals surface area contributed by atoms with E-state index in [1.165, 1.54) is 10.1 Å². The normalized spacial score (nSPS) is 15.6. The molecule has 0 aliphatic carbocycles. The summed E-state index contributed by atoms with van der Waals surface area (Å²) in [5.41, 5.74) is 12.5. The number of hydrogen-bond donors (Lipinski definition) is 2. The van der Waals surface area contributed by atoms with E-state index in [2.05, 4.69) is 17.5 Å². The average Bonchev–Trinajstić information content (AvgIpc) is 2.61. The number of fused-ring (bicyclic) bond motifs is 1. The number of hydrogen-bond acceptors (Lipinski definition) is 3. The van der Waals surface area contributed by atoms with Gasteiger partial charge in [-0.25, -0.2) is 0 Å². The fourth-order valence-electron chi connectivity index (χ4n) is 1.53. The first-order chi connectivity index (χ1) is 6.65. The molecule has 74 valence electrons. The Bertz CT molecular complexity index is 445. The lowest BCUT2D eigenvalue weighted by Gasteiger charge is -2.21. The maximum Gasteiger partial charge on any atom is 0.0519 e. The third-order valence-corrected chi connectivity index (χ3v) is 3.48. The molecule has 1 aromatic carbocycles. The topological polar surface area (TPSA) is 52.0 Å². The summed E-state index contributed by atoms with van der Waals surface area (Å²) in [7, 11) is 0. The molecule has 2 nitrogen and oxygen atoms in total. The smallest absolute Gasteiger partial charge is 0.0519 e. The minimum absolute atomic E-state index is 0.417. The van der Waals surface area contributed by atoms with Gasteiger partial charge < -0.3 is 11.5 Å². The Hall–Kier alpha value is -0.900. The van der Waals surface area contributed by atoms with Crippen LogP contribution in [0.15, 0.2) is 29.6 Å². The van der Waals surface area contributed by atoms with E-state index in [9.17, 15) is 0 Å². The lowest BCUT2D eigenvalue weighted by molar-refractivity contribution is 0.514. The standard InChI is InChI=1S/C11H14N2S/c1-11(13,7-12)9-6-14-10-5-3-2-4-8(9)10/h2-6H,7,12-13H2,1H3. The van der Waals surface area contributed by atoms with Crippen molar-refractivity contribution in [1.29, 1.82) is 0 Å². The van der Waals surface area contributed by atoms with Gasteiger partial charge in [0, 0.05) is 11.2 Å². The summed E-state index contributed by atoms with van der Waals surface area (Å²) >= 11 is 1.72. The Morgan fingerprint density at radius 2 is 2.07 bits per heavy atom. The van der Waals surface area contributed by atoms with Crippen LogP contribution in [-0.4, -0.2) is 6.54 Å². The van der Waals surface area contributed by atoms with Gasteiger partial charge in [0.15, 0.2) is 0 Å². The maximum absolute atomic E-state index is 6.13. The molecule has 0 radical (unpaired) electrons. The van der Waals surface area contributed by atoms with Crippen LogP contribution in [0, 0.1) is 0 Å². The Morgan fingerprint density at radius 3 is 2.79 bits per heavy atom. The van der Waals surface area contributed by atoms with Crippen LogP contribution in [0.2, 0.25) is 0 Å². The molecule has 1 atom stereocenters. The van der Waals surface area contributed by atoms with E-state index >= 15 is 0 Å². The van der Waals surface area contributed by atoms with Crippen molar-refractivity contribution in [3.8, 4) is 0 Å². The lowest BCUT2D eigenvalue weighted by atomic mass is 9.93. The third-order valence-electron chi connectivity index (χ3n) is 2.52. The summed E-state index contributed by atoms with van der Waals surface area (Å²) < 4.78 is 1.27. The van der Waals surface area contributed by atoms with Gasteiger partial charge in [-0.2, -0.15) is 0 Å². The molecule has 0 spiro atoms. The third kappa shape index (κ3) is 1.43. The zero-order chi connectivity index (χ0) is 10.2. The first kappa shape index (κ1) is 9.65. The first-order valence-electron chi connectivity index (χ1n) is 4.61. The molecular weight excluding hydrogens is 192 g/mol. The van der Waals surface area contributed by atoms with E-state index in [4.69, 9.17) is 11.5 Å². The molecular formula is C11H14N2S. The average molecular weight is 206 g/mol. The zero-order valence-electron chi connectivity index (χ0n) is 8.16. The Balaban J connectivity index is 2.64. The summed E-state index contributed by atoms with van der Waals surface area (Å²) in [6.07, 6.45) is 0. The Kier molecular flexibility index (Phi) is 2.31. The van der Waals surface area contributed by atoms with Gasteiger partial charge in [0.25, 0.3) is 0 Å². The van der Waals surface area contributed by atoms with Gasteiger partial charge in [-0.15, -0.1) is 11.3 Å². The molecule has 2 rings (SSSR count). The highest BCUT2D eigenvalue weighted by Gasteiger charge is 2.22. The molecule has 0 fully saturated rings. The fourth-order valence-corrected chi connectivity index (χ4v) is 2.63. The summed E-state index contributed by atoms with van der Waals surface area (Å²) in [6, 6.07) is 8.28. The van der Waals surface area contributed by atoms with Gasteiger partial charge in [0.1, 0.15) is 0 Å². The molecule has 0 amide bonds. The summed E-state index contributed by atoms with van der Waals surface area (Å²) in [5, 5.41) is 3.34. The van der Waals surface area contributed by atoms with Crippen molar-refractivity contribution in [3.63, 3.8) is 0 Å². The van der Waals surface area contributed by atoms with Crippen LogP contribution in [0.3, 0.4) is 0 Å². The minimum atomic E-state index is -0.417. The van der Waals surface area contributed by atoms with Crippen molar-refractivity contribution >= 4 is 21.4 Å². The van der Waals surface area contributed by atoms with Crippen LogP contribution in [0.5, 0.6) is 0 Å². The van der Waals surface area contributed by atoms with Gasteiger partial charge in [-0.1, -0.05) is 18.2 Å². The molecule has 2 aromatic rings. The van der Waals surface area contributed by atoms with E-state index in [1.54, 1.807) is 11.3 Å². The highest BCUT2D eigenvalue weighted by atomic mass is 32.1. The van der Waals surface area contributed by atoms with E-state index in [-0.39, 0.29) is 0 Å². The zero-order valence-corrected chi connectivity index (χ0v) is 8.97. The quantitative estimate of drug-likeness (QED) is 0.790. The van der Waals surface area contributed by atoms with Gasteiger partial charge in [0.05, 0.1) is 5.54 Å². The highest BCUT2D eigenvalue weighted by molar-refractivity contribution is 7.17. The lowest BCUT2D eigenvalue weighted by Crippen LogP contribution is -2.40. The van der Waals surface area contributed by atoms with Crippen LogP contribution >= 0.6 is 11.3 Å². The molecule has 0 saturated carbocycles. The van der Waals surface area contributed by atoms with E-state index in [1.807, 2.05) is 19.1 Å². The van der Waals surface area contributed by atoms with Crippen LogP contribution in [0.4, 0.5) is 0 Å². The van der Waals surface area contributed by atoms with Crippen molar-refractivity contribution in [3.05, 3.63) is 35.2 Å². The van der Waals surface area contributed by atoms with Gasteiger partial charge in [-0.05, 0) is 29.3 Å². The molecule has 4 N–H and O–H groups in total. The summed E-state index contributed by atoms with van der Waals surface area (Å²) in [6.45, 7) is 2.44. The molecule has 0 aliphatic rings. The van der Waals surface area contributed by atoms with Crippen molar-refractivity contribution in [2.24, 2.45) is 11.5 Å². The predicted octanol–water partition coefficient (Wildman–Crippen LogP) is 2.03. The van der Waals surface area contributed by atoms with Gasteiger partial charge in [0.2, 0.25) is 0 Å². The van der Waals surface area contributed by atoms with Crippen LogP contribution < -0.4 is 11.5 Å². The van der Waals surface area contributed by atoms with E-state index < -0.39 is 5.54 Å². The Labute approximate surface area is 87.5 Å². The van der Waals surface area contributed by atoms with E-state index in [0.29, 0.717) is 6.54 Å². The number of rotatable bonds is 2. The van der Waals surface area contributed by atoms with Crippen molar-refractivity contribution in [1.82, 2.24) is 0 Å². The van der Waals surface area contributed by atoms with Crippen LogP contribution in [-0.2, 0) is 5.54 Å². The molecule has 14 heavy (non-hydrogen) atoms. The largest absolute Gasteiger partial charge is 0.328 e. The molecule has 0 aliphatic heterocycles. The number of nitrogens with two attached hydrogens (primary N) is 2. The first-order valence-corrected chi connectivity index (χ1v) is 5.49. The second kappa shape index (κ2) is 3.35. The second-order valence-electron chi connectivity index (χ2n) is 3.77.